The van der Waals surface area contributed by atoms with Gasteiger partial charge in [-0.1, -0.05) is 6.07 Å². The normalized spacial score (nSPS) is 20.6. The Bertz CT molecular complexity index is 869. The molecule has 1 unspecified atom stereocenters. The summed E-state index contributed by atoms with van der Waals surface area (Å²) in [7, 11) is 1.62. The molecule has 1 amide bonds. The Kier molecular flexibility index (Phi) is 4.38. The summed E-state index contributed by atoms with van der Waals surface area (Å²) in [4.78, 5) is 15.0. The molecule has 0 bridgehead atoms. The summed E-state index contributed by atoms with van der Waals surface area (Å²) in [5, 5.41) is 10.7. The first-order chi connectivity index (χ1) is 12.9. The molecule has 1 atom stereocenters. The molecule has 1 N–H and O–H groups in total. The van der Waals surface area contributed by atoms with Gasteiger partial charge in [0.25, 0.3) is 5.91 Å². The summed E-state index contributed by atoms with van der Waals surface area (Å²) in [6, 6.07) is 7.23. The summed E-state index contributed by atoms with van der Waals surface area (Å²) in [5.74, 6) is 1.67. The number of carbonyl (C=O) groups excluding carboxylic acids is 1. The van der Waals surface area contributed by atoms with E-state index in [1.54, 1.807) is 18.1 Å². The number of carbonyl (C=O) groups is 1. The number of phenols is 1. The third-order valence-corrected chi connectivity index (χ3v) is 5.25. The molecule has 3 heterocycles. The summed E-state index contributed by atoms with van der Waals surface area (Å²) in [6.45, 7) is 4.98. The Balaban J connectivity index is 1.61. The van der Waals surface area contributed by atoms with E-state index in [-0.39, 0.29) is 28.9 Å². The van der Waals surface area contributed by atoms with Crippen LogP contribution >= 0.6 is 0 Å². The Morgan fingerprint density at radius 1 is 1.33 bits per heavy atom. The largest absolute Gasteiger partial charge is 0.504 e. The van der Waals surface area contributed by atoms with Crippen molar-refractivity contribution in [1.29, 1.82) is 0 Å². The lowest BCUT2D eigenvalue weighted by atomic mass is 10.00. The number of methoxy groups -OCH3 is 1. The molecule has 6 heteroatoms. The maximum Gasteiger partial charge on any atom is 0.258 e. The summed E-state index contributed by atoms with van der Waals surface area (Å²) in [6.07, 6.45) is 2.44. The smallest absolute Gasteiger partial charge is 0.258 e. The van der Waals surface area contributed by atoms with Crippen molar-refractivity contribution in [3.8, 4) is 11.5 Å². The predicted molar refractivity (Wildman–Crippen MR) is 99.0 cm³/mol. The van der Waals surface area contributed by atoms with Crippen LogP contribution in [0.15, 0.2) is 28.7 Å². The van der Waals surface area contributed by atoms with Crippen LogP contribution < -0.4 is 4.74 Å². The van der Waals surface area contributed by atoms with E-state index in [0.29, 0.717) is 25.3 Å². The topological polar surface area (TPSA) is 72.1 Å². The molecule has 0 radical (unpaired) electrons. The molecule has 4 rings (SSSR count). The van der Waals surface area contributed by atoms with E-state index in [2.05, 4.69) is 0 Å². The first-order valence-corrected chi connectivity index (χ1v) is 9.32. The maximum atomic E-state index is 13.2. The van der Waals surface area contributed by atoms with E-state index in [1.807, 2.05) is 32.0 Å². The van der Waals surface area contributed by atoms with Gasteiger partial charge in [0.15, 0.2) is 11.5 Å². The number of likely N-dealkylation sites (tertiary alicyclic amines) is 1. The minimum Gasteiger partial charge on any atom is -0.504 e. The zero-order valence-corrected chi connectivity index (χ0v) is 15.9. The molecule has 1 aromatic carbocycles. The quantitative estimate of drug-likeness (QED) is 0.884. The summed E-state index contributed by atoms with van der Waals surface area (Å²) >= 11 is 0. The molecule has 1 saturated heterocycles. The van der Waals surface area contributed by atoms with Crippen molar-refractivity contribution < 1.29 is 23.8 Å². The van der Waals surface area contributed by atoms with Gasteiger partial charge in [0.2, 0.25) is 0 Å². The van der Waals surface area contributed by atoms with Gasteiger partial charge < -0.3 is 23.9 Å². The summed E-state index contributed by atoms with van der Waals surface area (Å²) in [5.41, 5.74) is 0.841. The number of hydrogen-bond acceptors (Lipinski definition) is 5. The lowest BCUT2D eigenvalue weighted by molar-refractivity contribution is 0.0710. The molecule has 144 valence electrons. The van der Waals surface area contributed by atoms with E-state index in [9.17, 15) is 9.90 Å². The second-order valence-corrected chi connectivity index (χ2v) is 7.88. The molecule has 2 aromatic rings. The van der Waals surface area contributed by atoms with Gasteiger partial charge in [-0.3, -0.25) is 4.79 Å². The fourth-order valence-corrected chi connectivity index (χ4v) is 4.06. The number of rotatable bonds is 4. The number of amides is 1. The van der Waals surface area contributed by atoms with Gasteiger partial charge in [-0.2, -0.15) is 0 Å². The lowest BCUT2D eigenvalue weighted by Crippen LogP contribution is -2.30. The van der Waals surface area contributed by atoms with Gasteiger partial charge in [-0.25, -0.2) is 0 Å². The van der Waals surface area contributed by atoms with Gasteiger partial charge in [0.05, 0.1) is 11.6 Å². The fourth-order valence-electron chi connectivity index (χ4n) is 4.06. The number of furan rings is 1. The van der Waals surface area contributed by atoms with Crippen molar-refractivity contribution >= 4 is 5.91 Å². The molecule has 2 aliphatic heterocycles. The number of hydrogen-bond donors (Lipinski definition) is 1. The van der Waals surface area contributed by atoms with Gasteiger partial charge in [0.1, 0.15) is 23.7 Å². The predicted octanol–water partition coefficient (Wildman–Crippen LogP) is 3.82. The molecule has 27 heavy (non-hydrogen) atoms. The standard InChI is InChI=1S/C21H25NO5/c1-21(2)11-13-6-8-15(18(23)19(13)27-21)20(24)22-10-4-5-16(22)17-9-7-14(26-17)12-25-3/h6-9,16,23H,4-5,10-12H2,1-3H3. The Morgan fingerprint density at radius 3 is 2.93 bits per heavy atom. The highest BCUT2D eigenvalue weighted by atomic mass is 16.5. The minimum atomic E-state index is -0.371. The number of phenolic OH excluding ortho intramolecular Hbond substituents is 1. The van der Waals surface area contributed by atoms with Crippen LogP contribution in [0.25, 0.3) is 0 Å². The van der Waals surface area contributed by atoms with Gasteiger partial charge >= 0.3 is 0 Å². The zero-order valence-electron chi connectivity index (χ0n) is 15.9. The zero-order chi connectivity index (χ0) is 19.2. The molecule has 1 fully saturated rings. The highest BCUT2D eigenvalue weighted by Gasteiger charge is 2.37. The summed E-state index contributed by atoms with van der Waals surface area (Å²) < 4.78 is 16.8. The average Bonchev–Trinajstić information content (AvgIpc) is 3.32. The van der Waals surface area contributed by atoms with E-state index >= 15 is 0 Å². The fraction of sp³-hybridized carbons (Fsp3) is 0.476. The number of aromatic hydroxyl groups is 1. The first-order valence-electron chi connectivity index (χ1n) is 9.32. The Hall–Kier alpha value is -2.47. The minimum absolute atomic E-state index is 0.0618. The monoisotopic (exact) mass is 371 g/mol. The number of ether oxygens (including phenoxy) is 2. The molecule has 2 aliphatic rings. The SMILES string of the molecule is COCc1ccc(C2CCCN2C(=O)c2ccc3c(c2O)OC(C)(C)C3)o1. The molecule has 6 nitrogen and oxygen atoms in total. The van der Waals surface area contributed by atoms with Gasteiger partial charge in [-0.15, -0.1) is 0 Å². The van der Waals surface area contributed by atoms with E-state index in [0.717, 1.165) is 29.9 Å². The van der Waals surface area contributed by atoms with Crippen LogP contribution in [0.1, 0.15) is 60.2 Å². The van der Waals surface area contributed by atoms with Crippen LogP contribution in [-0.4, -0.2) is 35.2 Å². The van der Waals surface area contributed by atoms with Crippen molar-refractivity contribution in [2.75, 3.05) is 13.7 Å². The van der Waals surface area contributed by atoms with Crippen LogP contribution in [0.4, 0.5) is 0 Å². The van der Waals surface area contributed by atoms with Crippen molar-refractivity contribution in [3.63, 3.8) is 0 Å². The highest BCUT2D eigenvalue weighted by Crippen LogP contribution is 2.44. The van der Waals surface area contributed by atoms with Crippen LogP contribution in [0.2, 0.25) is 0 Å². The molecular formula is C21H25NO5. The van der Waals surface area contributed by atoms with Crippen molar-refractivity contribution in [1.82, 2.24) is 4.90 Å². The third-order valence-electron chi connectivity index (χ3n) is 5.25. The van der Waals surface area contributed by atoms with Gasteiger partial charge in [-0.05, 0) is 44.9 Å². The number of fused-ring (bicyclic) bond motifs is 1. The molecular weight excluding hydrogens is 346 g/mol. The van der Waals surface area contributed by atoms with Crippen molar-refractivity contribution in [2.24, 2.45) is 0 Å². The third kappa shape index (κ3) is 3.18. The second-order valence-electron chi connectivity index (χ2n) is 7.88. The van der Waals surface area contributed by atoms with Crippen LogP contribution in [0.3, 0.4) is 0 Å². The first kappa shape index (κ1) is 17.9. The van der Waals surface area contributed by atoms with Gasteiger partial charge in [0, 0.05) is 25.6 Å². The molecule has 0 spiro atoms. The average molecular weight is 371 g/mol. The Labute approximate surface area is 158 Å². The Morgan fingerprint density at radius 2 is 2.15 bits per heavy atom. The van der Waals surface area contributed by atoms with Crippen LogP contribution in [0, 0.1) is 0 Å². The van der Waals surface area contributed by atoms with Crippen LogP contribution in [0.5, 0.6) is 11.5 Å². The molecule has 0 aliphatic carbocycles. The maximum absolute atomic E-state index is 13.2. The number of nitrogens with zero attached hydrogens (tertiary/aromatic N) is 1. The van der Waals surface area contributed by atoms with Crippen molar-refractivity contribution in [2.45, 2.75) is 51.4 Å². The van der Waals surface area contributed by atoms with E-state index in [1.165, 1.54) is 0 Å². The highest BCUT2D eigenvalue weighted by molar-refractivity contribution is 5.98. The number of benzene rings is 1. The van der Waals surface area contributed by atoms with E-state index < -0.39 is 0 Å². The lowest BCUT2D eigenvalue weighted by Gasteiger charge is -2.24. The van der Waals surface area contributed by atoms with Crippen LogP contribution in [-0.2, 0) is 17.8 Å². The molecule has 0 saturated carbocycles. The van der Waals surface area contributed by atoms with E-state index in [4.69, 9.17) is 13.9 Å². The molecule has 1 aromatic heterocycles. The second kappa shape index (κ2) is 6.60. The van der Waals surface area contributed by atoms with Crippen molar-refractivity contribution in [3.05, 3.63) is 46.9 Å².